The minimum absolute atomic E-state index is 0.0702. The molecule has 3 nitrogen and oxygen atoms in total. The van der Waals surface area contributed by atoms with E-state index in [1.54, 1.807) is 0 Å². The standard InChI is InChI=1S/C18H28N2O/c1-13-6-4-9-16(11-19)20(13)12-15-8-5-7-14-10-18(2,3)21-17(14)15/h5,7-8,13,16H,4,6,9-12,19H2,1-3H3. The van der Waals surface area contributed by atoms with Crippen LogP contribution < -0.4 is 10.5 Å². The van der Waals surface area contributed by atoms with Crippen LogP contribution in [0.5, 0.6) is 5.75 Å². The molecule has 0 spiro atoms. The first-order valence-corrected chi connectivity index (χ1v) is 8.26. The predicted molar refractivity (Wildman–Crippen MR) is 86.6 cm³/mol. The third-order valence-corrected chi connectivity index (χ3v) is 4.99. The third-order valence-electron chi connectivity index (χ3n) is 4.99. The molecule has 1 fully saturated rings. The average Bonchev–Trinajstić information content (AvgIpc) is 2.76. The number of nitrogens with zero attached hydrogens (tertiary/aromatic N) is 1. The largest absolute Gasteiger partial charge is 0.487 e. The van der Waals surface area contributed by atoms with Crippen molar-refractivity contribution in [1.29, 1.82) is 0 Å². The van der Waals surface area contributed by atoms with E-state index >= 15 is 0 Å². The molecule has 3 rings (SSSR count). The third kappa shape index (κ3) is 2.95. The van der Waals surface area contributed by atoms with Crippen LogP contribution in [-0.4, -0.2) is 29.1 Å². The van der Waals surface area contributed by atoms with Gasteiger partial charge in [0, 0.05) is 37.2 Å². The molecule has 0 aromatic heterocycles. The zero-order valence-electron chi connectivity index (χ0n) is 13.6. The maximum Gasteiger partial charge on any atom is 0.127 e. The molecule has 1 saturated heterocycles. The fourth-order valence-corrected chi connectivity index (χ4v) is 3.88. The summed E-state index contributed by atoms with van der Waals surface area (Å²) in [6, 6.07) is 7.71. The molecule has 0 aliphatic carbocycles. The Balaban J connectivity index is 1.84. The van der Waals surface area contributed by atoms with E-state index < -0.39 is 0 Å². The van der Waals surface area contributed by atoms with Crippen LogP contribution in [-0.2, 0) is 13.0 Å². The number of ether oxygens (including phenoxy) is 1. The van der Waals surface area contributed by atoms with Crippen LogP contribution in [0.3, 0.4) is 0 Å². The first-order valence-electron chi connectivity index (χ1n) is 8.26. The molecule has 2 unspecified atom stereocenters. The van der Waals surface area contributed by atoms with Gasteiger partial charge in [-0.3, -0.25) is 4.90 Å². The van der Waals surface area contributed by atoms with Gasteiger partial charge in [0.15, 0.2) is 0 Å². The first kappa shape index (κ1) is 14.9. The molecule has 0 amide bonds. The summed E-state index contributed by atoms with van der Waals surface area (Å²) in [7, 11) is 0. The van der Waals surface area contributed by atoms with E-state index in [1.807, 2.05) is 0 Å². The number of fused-ring (bicyclic) bond motifs is 1. The molecule has 2 atom stereocenters. The van der Waals surface area contributed by atoms with Crippen molar-refractivity contribution in [1.82, 2.24) is 4.90 Å². The van der Waals surface area contributed by atoms with Crippen molar-refractivity contribution < 1.29 is 4.74 Å². The molecule has 1 aromatic carbocycles. The van der Waals surface area contributed by atoms with Crippen molar-refractivity contribution in [2.75, 3.05) is 6.54 Å². The Hall–Kier alpha value is -1.06. The normalized spacial score (nSPS) is 28.2. The predicted octanol–water partition coefficient (Wildman–Crippen LogP) is 3.10. The summed E-state index contributed by atoms with van der Waals surface area (Å²) in [5, 5.41) is 0. The Morgan fingerprint density at radius 2 is 2.14 bits per heavy atom. The van der Waals surface area contributed by atoms with Crippen LogP contribution in [0.2, 0.25) is 0 Å². The summed E-state index contributed by atoms with van der Waals surface area (Å²) < 4.78 is 6.21. The SMILES string of the molecule is CC1CCCC(CN)N1Cc1cccc2c1OC(C)(C)C2. The molecular formula is C18H28N2O. The van der Waals surface area contributed by atoms with Gasteiger partial charge in [-0.2, -0.15) is 0 Å². The molecule has 2 aliphatic rings. The Bertz CT molecular complexity index is 512. The number of hydrogen-bond donors (Lipinski definition) is 1. The molecule has 3 heteroatoms. The number of piperidine rings is 1. The van der Waals surface area contributed by atoms with E-state index in [4.69, 9.17) is 10.5 Å². The van der Waals surface area contributed by atoms with Gasteiger partial charge in [0.2, 0.25) is 0 Å². The molecular weight excluding hydrogens is 260 g/mol. The lowest BCUT2D eigenvalue weighted by Crippen LogP contribution is -2.48. The lowest BCUT2D eigenvalue weighted by Gasteiger charge is -2.40. The smallest absolute Gasteiger partial charge is 0.127 e. The maximum absolute atomic E-state index is 6.21. The van der Waals surface area contributed by atoms with E-state index in [2.05, 4.69) is 43.9 Å². The maximum atomic E-state index is 6.21. The second-order valence-corrected chi connectivity index (χ2v) is 7.29. The molecule has 0 radical (unpaired) electrons. The molecule has 2 heterocycles. The summed E-state index contributed by atoms with van der Waals surface area (Å²) in [6.45, 7) is 8.38. The fraction of sp³-hybridized carbons (Fsp3) is 0.667. The second kappa shape index (κ2) is 5.62. The number of hydrogen-bond acceptors (Lipinski definition) is 3. The molecule has 116 valence electrons. The van der Waals surface area contributed by atoms with Gasteiger partial charge >= 0.3 is 0 Å². The molecule has 2 aliphatic heterocycles. The van der Waals surface area contributed by atoms with Crippen LogP contribution in [0.15, 0.2) is 18.2 Å². The molecule has 0 saturated carbocycles. The van der Waals surface area contributed by atoms with Crippen LogP contribution >= 0.6 is 0 Å². The summed E-state index contributed by atoms with van der Waals surface area (Å²) >= 11 is 0. The number of para-hydroxylation sites is 1. The summed E-state index contributed by atoms with van der Waals surface area (Å²) in [5.41, 5.74) is 8.60. The van der Waals surface area contributed by atoms with Crippen LogP contribution in [0.1, 0.15) is 51.2 Å². The minimum atomic E-state index is -0.0702. The van der Waals surface area contributed by atoms with Gasteiger partial charge in [-0.25, -0.2) is 0 Å². The van der Waals surface area contributed by atoms with Crippen LogP contribution in [0, 0.1) is 0 Å². The van der Waals surface area contributed by atoms with E-state index in [1.165, 1.54) is 30.4 Å². The minimum Gasteiger partial charge on any atom is -0.487 e. The van der Waals surface area contributed by atoms with Crippen molar-refractivity contribution in [3.63, 3.8) is 0 Å². The van der Waals surface area contributed by atoms with Gasteiger partial charge in [0.05, 0.1) is 0 Å². The van der Waals surface area contributed by atoms with E-state index in [9.17, 15) is 0 Å². The van der Waals surface area contributed by atoms with Gasteiger partial charge in [-0.05, 0) is 39.2 Å². The molecule has 0 bridgehead atoms. The molecule has 2 N–H and O–H groups in total. The number of nitrogens with two attached hydrogens (primary N) is 1. The highest BCUT2D eigenvalue weighted by atomic mass is 16.5. The molecule has 21 heavy (non-hydrogen) atoms. The zero-order chi connectivity index (χ0) is 15.0. The van der Waals surface area contributed by atoms with Crippen molar-refractivity contribution in [2.45, 2.75) is 70.7 Å². The Kier molecular flexibility index (Phi) is 3.98. The van der Waals surface area contributed by atoms with Gasteiger partial charge in [-0.15, -0.1) is 0 Å². The van der Waals surface area contributed by atoms with Gasteiger partial charge in [0.25, 0.3) is 0 Å². The van der Waals surface area contributed by atoms with Crippen molar-refractivity contribution in [3.05, 3.63) is 29.3 Å². The van der Waals surface area contributed by atoms with E-state index in [-0.39, 0.29) is 5.60 Å². The van der Waals surface area contributed by atoms with Crippen molar-refractivity contribution >= 4 is 0 Å². The average molecular weight is 288 g/mol. The zero-order valence-corrected chi connectivity index (χ0v) is 13.6. The number of likely N-dealkylation sites (tertiary alicyclic amines) is 1. The summed E-state index contributed by atoms with van der Waals surface area (Å²) in [4.78, 5) is 2.58. The van der Waals surface area contributed by atoms with E-state index in [0.717, 1.165) is 25.3 Å². The lowest BCUT2D eigenvalue weighted by molar-refractivity contribution is 0.0853. The van der Waals surface area contributed by atoms with Crippen LogP contribution in [0.25, 0.3) is 0 Å². The highest BCUT2D eigenvalue weighted by Gasteiger charge is 2.33. The summed E-state index contributed by atoms with van der Waals surface area (Å²) in [5.74, 6) is 1.12. The number of benzene rings is 1. The quantitative estimate of drug-likeness (QED) is 0.929. The van der Waals surface area contributed by atoms with E-state index in [0.29, 0.717) is 12.1 Å². The number of rotatable bonds is 3. The molecule has 1 aromatic rings. The van der Waals surface area contributed by atoms with Gasteiger partial charge < -0.3 is 10.5 Å². The second-order valence-electron chi connectivity index (χ2n) is 7.29. The first-order chi connectivity index (χ1) is 10.00. The van der Waals surface area contributed by atoms with Gasteiger partial charge in [-0.1, -0.05) is 24.6 Å². The fourth-order valence-electron chi connectivity index (χ4n) is 3.88. The highest BCUT2D eigenvalue weighted by molar-refractivity contribution is 5.45. The lowest BCUT2D eigenvalue weighted by atomic mass is 9.95. The summed E-state index contributed by atoms with van der Waals surface area (Å²) in [6.07, 6.45) is 4.81. The monoisotopic (exact) mass is 288 g/mol. The van der Waals surface area contributed by atoms with Crippen molar-refractivity contribution in [3.8, 4) is 5.75 Å². The van der Waals surface area contributed by atoms with Crippen LogP contribution in [0.4, 0.5) is 0 Å². The Labute approximate surface area is 128 Å². The Morgan fingerprint density at radius 1 is 1.33 bits per heavy atom. The highest BCUT2D eigenvalue weighted by Crippen LogP contribution is 2.39. The Morgan fingerprint density at radius 3 is 2.90 bits per heavy atom. The van der Waals surface area contributed by atoms with Crippen molar-refractivity contribution in [2.24, 2.45) is 5.73 Å². The van der Waals surface area contributed by atoms with Gasteiger partial charge in [0.1, 0.15) is 11.4 Å². The topological polar surface area (TPSA) is 38.5 Å².